The number of carbonyl (C=O) groups is 2. The van der Waals surface area contributed by atoms with Crippen LogP contribution in [0.4, 0.5) is 5.69 Å². The minimum Gasteiger partial charge on any atom is -0.376 e. The Bertz CT molecular complexity index is 703. The van der Waals surface area contributed by atoms with Gasteiger partial charge in [0.2, 0.25) is 5.91 Å². The summed E-state index contributed by atoms with van der Waals surface area (Å²) in [6.45, 7) is 3.07. The number of piperidine rings is 1. The average Bonchev–Trinajstić information content (AvgIpc) is 3.47. The van der Waals surface area contributed by atoms with Crippen molar-refractivity contribution in [3.63, 3.8) is 0 Å². The number of amides is 2. The normalized spacial score (nSPS) is 23.3. The first-order valence-corrected chi connectivity index (χ1v) is 11.2. The fourth-order valence-corrected chi connectivity index (χ4v) is 4.82. The Labute approximate surface area is 173 Å². The van der Waals surface area contributed by atoms with Crippen molar-refractivity contribution < 1.29 is 14.3 Å². The van der Waals surface area contributed by atoms with Crippen molar-refractivity contribution in [2.75, 3.05) is 31.1 Å². The number of nitrogens with zero attached hydrogens (tertiary/aromatic N) is 1. The first kappa shape index (κ1) is 20.2. The Balaban J connectivity index is 1.31. The highest BCUT2D eigenvalue weighted by Gasteiger charge is 2.28. The predicted octanol–water partition coefficient (Wildman–Crippen LogP) is 2.87. The molecule has 1 aromatic rings. The van der Waals surface area contributed by atoms with Crippen molar-refractivity contribution >= 4 is 17.5 Å². The molecule has 0 aromatic heterocycles. The summed E-state index contributed by atoms with van der Waals surface area (Å²) in [7, 11) is 0. The van der Waals surface area contributed by atoms with Crippen LogP contribution in [0.25, 0.3) is 0 Å². The number of ether oxygens (including phenoxy) is 1. The zero-order valence-electron chi connectivity index (χ0n) is 17.2. The summed E-state index contributed by atoms with van der Waals surface area (Å²) in [5.74, 6) is 0.434. The van der Waals surface area contributed by atoms with Crippen LogP contribution in [-0.4, -0.2) is 50.2 Å². The molecule has 1 aliphatic carbocycles. The maximum atomic E-state index is 12.8. The van der Waals surface area contributed by atoms with Gasteiger partial charge in [0, 0.05) is 43.9 Å². The van der Waals surface area contributed by atoms with E-state index in [-0.39, 0.29) is 29.9 Å². The van der Waals surface area contributed by atoms with E-state index < -0.39 is 0 Å². The van der Waals surface area contributed by atoms with Crippen molar-refractivity contribution in [3.05, 3.63) is 29.8 Å². The smallest absolute Gasteiger partial charge is 0.253 e. The number of rotatable bonds is 6. The Morgan fingerprint density at radius 3 is 2.48 bits per heavy atom. The molecule has 158 valence electrons. The summed E-state index contributed by atoms with van der Waals surface area (Å²) < 4.78 is 5.61. The lowest BCUT2D eigenvalue weighted by atomic mass is 10.0. The van der Waals surface area contributed by atoms with Gasteiger partial charge in [-0.1, -0.05) is 25.0 Å². The second-order valence-electron chi connectivity index (χ2n) is 8.61. The van der Waals surface area contributed by atoms with Crippen molar-refractivity contribution in [1.82, 2.24) is 10.6 Å². The minimum absolute atomic E-state index is 0.0345. The maximum absolute atomic E-state index is 12.8. The lowest BCUT2D eigenvalue weighted by molar-refractivity contribution is -0.125. The standard InChI is InChI=1S/C23H33N3O3/c27-22(17-6-1-2-7-17)25-18-11-13-26(14-12-18)21-10-4-3-9-20(21)23(28)24-16-19-8-5-15-29-19/h3-4,9-10,17-19H,1-2,5-8,11-16H2,(H,24,28)(H,25,27). The molecule has 6 nitrogen and oxygen atoms in total. The highest BCUT2D eigenvalue weighted by atomic mass is 16.5. The molecule has 2 heterocycles. The summed E-state index contributed by atoms with van der Waals surface area (Å²) in [5.41, 5.74) is 1.71. The lowest BCUT2D eigenvalue weighted by Gasteiger charge is -2.35. The first-order chi connectivity index (χ1) is 14.2. The zero-order chi connectivity index (χ0) is 20.1. The van der Waals surface area contributed by atoms with Crippen molar-refractivity contribution in [2.45, 2.75) is 63.5 Å². The SMILES string of the molecule is O=C(NCC1CCCO1)c1ccccc1N1CCC(NC(=O)C2CCCC2)CC1. The van der Waals surface area contributed by atoms with Crippen LogP contribution in [0.1, 0.15) is 61.7 Å². The monoisotopic (exact) mass is 399 g/mol. The fourth-order valence-electron chi connectivity index (χ4n) is 4.82. The van der Waals surface area contributed by atoms with Crippen LogP contribution in [-0.2, 0) is 9.53 Å². The first-order valence-electron chi connectivity index (χ1n) is 11.2. The minimum atomic E-state index is -0.0345. The molecule has 2 saturated heterocycles. The van der Waals surface area contributed by atoms with Gasteiger partial charge < -0.3 is 20.3 Å². The number of hydrogen-bond donors (Lipinski definition) is 2. The molecule has 1 saturated carbocycles. The fraction of sp³-hybridized carbons (Fsp3) is 0.652. The van der Waals surface area contributed by atoms with Crippen molar-refractivity contribution in [3.8, 4) is 0 Å². The van der Waals surface area contributed by atoms with Gasteiger partial charge in [0.05, 0.1) is 11.7 Å². The molecule has 3 fully saturated rings. The molecule has 29 heavy (non-hydrogen) atoms. The number of nitrogens with one attached hydrogen (secondary N) is 2. The van der Waals surface area contributed by atoms with Crippen LogP contribution in [0.3, 0.4) is 0 Å². The lowest BCUT2D eigenvalue weighted by Crippen LogP contribution is -2.46. The van der Waals surface area contributed by atoms with E-state index in [1.54, 1.807) is 0 Å². The van der Waals surface area contributed by atoms with Crippen molar-refractivity contribution in [1.29, 1.82) is 0 Å². The van der Waals surface area contributed by atoms with E-state index in [4.69, 9.17) is 4.74 Å². The van der Waals surface area contributed by atoms with Crippen LogP contribution in [0.2, 0.25) is 0 Å². The van der Waals surface area contributed by atoms with Gasteiger partial charge in [0.1, 0.15) is 0 Å². The van der Waals surface area contributed by atoms with Crippen LogP contribution >= 0.6 is 0 Å². The highest BCUT2D eigenvalue weighted by molar-refractivity contribution is 5.99. The summed E-state index contributed by atoms with van der Waals surface area (Å²) in [5, 5.41) is 6.30. The molecule has 0 spiro atoms. The van der Waals surface area contributed by atoms with Gasteiger partial charge in [0.15, 0.2) is 0 Å². The van der Waals surface area contributed by atoms with Gasteiger partial charge in [-0.15, -0.1) is 0 Å². The quantitative estimate of drug-likeness (QED) is 0.772. The third kappa shape index (κ3) is 5.10. The molecule has 3 aliphatic rings. The van der Waals surface area contributed by atoms with Crippen LogP contribution in [0.15, 0.2) is 24.3 Å². The Hall–Kier alpha value is -2.08. The van der Waals surface area contributed by atoms with E-state index in [1.165, 1.54) is 12.8 Å². The van der Waals surface area contributed by atoms with E-state index in [2.05, 4.69) is 15.5 Å². The van der Waals surface area contributed by atoms with Gasteiger partial charge in [0.25, 0.3) is 5.91 Å². The largest absolute Gasteiger partial charge is 0.376 e. The zero-order valence-corrected chi connectivity index (χ0v) is 17.2. The van der Waals surface area contributed by atoms with E-state index in [1.807, 2.05) is 24.3 Å². The molecule has 2 amide bonds. The number of para-hydroxylation sites is 1. The average molecular weight is 400 g/mol. The molecule has 0 bridgehead atoms. The molecule has 1 aromatic carbocycles. The molecular formula is C23H33N3O3. The summed E-state index contributed by atoms with van der Waals surface area (Å²) >= 11 is 0. The number of hydrogen-bond acceptors (Lipinski definition) is 4. The second kappa shape index (κ2) is 9.61. The van der Waals surface area contributed by atoms with Gasteiger partial charge in [-0.3, -0.25) is 9.59 Å². The third-order valence-corrected chi connectivity index (χ3v) is 6.57. The summed E-state index contributed by atoms with van der Waals surface area (Å²) in [4.78, 5) is 27.4. The highest BCUT2D eigenvalue weighted by Crippen LogP contribution is 2.27. The van der Waals surface area contributed by atoms with E-state index in [0.717, 1.165) is 69.5 Å². The molecule has 2 aliphatic heterocycles. The Morgan fingerprint density at radius 2 is 1.76 bits per heavy atom. The topological polar surface area (TPSA) is 70.7 Å². The molecule has 0 radical (unpaired) electrons. The van der Waals surface area contributed by atoms with Crippen LogP contribution in [0, 0.1) is 5.92 Å². The van der Waals surface area contributed by atoms with E-state index in [0.29, 0.717) is 6.54 Å². The van der Waals surface area contributed by atoms with Gasteiger partial charge in [-0.05, 0) is 50.7 Å². The molecule has 4 rings (SSSR count). The Morgan fingerprint density at radius 1 is 1.00 bits per heavy atom. The third-order valence-electron chi connectivity index (χ3n) is 6.57. The molecule has 6 heteroatoms. The molecule has 1 atom stereocenters. The predicted molar refractivity (Wildman–Crippen MR) is 113 cm³/mol. The Kier molecular flexibility index (Phi) is 6.70. The van der Waals surface area contributed by atoms with E-state index in [9.17, 15) is 9.59 Å². The van der Waals surface area contributed by atoms with E-state index >= 15 is 0 Å². The summed E-state index contributed by atoms with van der Waals surface area (Å²) in [6, 6.07) is 8.08. The number of benzene rings is 1. The number of carbonyl (C=O) groups excluding carboxylic acids is 2. The van der Waals surface area contributed by atoms with Crippen molar-refractivity contribution in [2.24, 2.45) is 5.92 Å². The molecular weight excluding hydrogens is 366 g/mol. The van der Waals surface area contributed by atoms with Gasteiger partial charge in [-0.2, -0.15) is 0 Å². The van der Waals surface area contributed by atoms with Crippen LogP contribution in [0.5, 0.6) is 0 Å². The number of anilines is 1. The molecule has 2 N–H and O–H groups in total. The summed E-state index contributed by atoms with van der Waals surface area (Å²) in [6.07, 6.45) is 8.52. The second-order valence-corrected chi connectivity index (χ2v) is 8.61. The van der Waals surface area contributed by atoms with Gasteiger partial charge >= 0.3 is 0 Å². The van der Waals surface area contributed by atoms with Gasteiger partial charge in [-0.25, -0.2) is 0 Å². The molecule has 1 unspecified atom stereocenters. The van der Waals surface area contributed by atoms with Crippen LogP contribution < -0.4 is 15.5 Å². The maximum Gasteiger partial charge on any atom is 0.253 e.